The molecule has 110 valence electrons. The van der Waals surface area contributed by atoms with Gasteiger partial charge in [0.1, 0.15) is 11.6 Å². The number of carbonyl (C=O) groups is 1. The Labute approximate surface area is 132 Å². The molecule has 0 atom stereocenters. The number of hydrogen-bond donors (Lipinski definition) is 0. The van der Waals surface area contributed by atoms with Gasteiger partial charge in [0.25, 0.3) is 0 Å². The lowest BCUT2D eigenvalue weighted by Crippen LogP contribution is -2.05. The van der Waals surface area contributed by atoms with Crippen molar-refractivity contribution in [3.8, 4) is 5.75 Å². The van der Waals surface area contributed by atoms with Crippen molar-refractivity contribution in [1.29, 1.82) is 0 Å². The average Bonchev–Trinajstić information content (AvgIpc) is 2.50. The van der Waals surface area contributed by atoms with Crippen molar-refractivity contribution in [2.24, 2.45) is 0 Å². The molecule has 0 unspecified atom stereocenters. The molecule has 0 saturated heterocycles. The van der Waals surface area contributed by atoms with Gasteiger partial charge >= 0.3 is 0 Å². The van der Waals surface area contributed by atoms with Crippen LogP contribution in [0.1, 0.15) is 29.3 Å². The summed E-state index contributed by atoms with van der Waals surface area (Å²) in [5.41, 5.74) is 1.21. The Morgan fingerprint density at radius 1 is 1.24 bits per heavy atom. The standard InChI is InChI=1S/C17H16BrFO2/c1-2-9-21-14-7-3-5-12(10-14)16(20)11-13-6-4-8-15(19)17(13)18/h3-8,10H,2,9,11H2,1H3. The molecule has 0 spiro atoms. The van der Waals surface area contributed by atoms with Crippen LogP contribution in [0.3, 0.4) is 0 Å². The van der Waals surface area contributed by atoms with E-state index in [0.29, 0.717) is 28.0 Å². The highest BCUT2D eigenvalue weighted by molar-refractivity contribution is 9.10. The first-order chi connectivity index (χ1) is 10.1. The minimum absolute atomic E-state index is 0.0664. The SMILES string of the molecule is CCCOc1cccc(C(=O)Cc2cccc(F)c2Br)c1. The molecule has 0 aliphatic carbocycles. The average molecular weight is 351 g/mol. The van der Waals surface area contributed by atoms with Crippen molar-refractivity contribution in [3.05, 3.63) is 63.9 Å². The molecule has 0 fully saturated rings. The zero-order valence-electron chi connectivity index (χ0n) is 11.7. The molecule has 2 aromatic rings. The maximum atomic E-state index is 13.5. The molecule has 0 aromatic heterocycles. The van der Waals surface area contributed by atoms with Gasteiger partial charge in [-0.05, 0) is 46.1 Å². The summed E-state index contributed by atoms with van der Waals surface area (Å²) in [6.45, 7) is 2.64. The van der Waals surface area contributed by atoms with E-state index in [9.17, 15) is 9.18 Å². The normalized spacial score (nSPS) is 10.4. The van der Waals surface area contributed by atoms with Gasteiger partial charge in [0, 0.05) is 12.0 Å². The van der Waals surface area contributed by atoms with Crippen LogP contribution in [0.2, 0.25) is 0 Å². The number of ether oxygens (including phenoxy) is 1. The van der Waals surface area contributed by atoms with E-state index in [0.717, 1.165) is 6.42 Å². The molecule has 2 aromatic carbocycles. The van der Waals surface area contributed by atoms with Crippen LogP contribution in [-0.4, -0.2) is 12.4 Å². The van der Waals surface area contributed by atoms with Crippen molar-refractivity contribution >= 4 is 21.7 Å². The highest BCUT2D eigenvalue weighted by atomic mass is 79.9. The molecular formula is C17H16BrFO2. The van der Waals surface area contributed by atoms with Gasteiger partial charge in [-0.1, -0.05) is 31.2 Å². The second kappa shape index (κ2) is 7.36. The van der Waals surface area contributed by atoms with Crippen LogP contribution in [0.5, 0.6) is 5.75 Å². The van der Waals surface area contributed by atoms with Gasteiger partial charge in [-0.15, -0.1) is 0 Å². The fourth-order valence-electron chi connectivity index (χ4n) is 1.94. The number of benzene rings is 2. The molecule has 0 N–H and O–H groups in total. The second-order valence-electron chi connectivity index (χ2n) is 4.69. The minimum Gasteiger partial charge on any atom is -0.494 e. The van der Waals surface area contributed by atoms with E-state index in [1.807, 2.05) is 13.0 Å². The zero-order chi connectivity index (χ0) is 15.2. The van der Waals surface area contributed by atoms with Crippen molar-refractivity contribution in [3.63, 3.8) is 0 Å². The smallest absolute Gasteiger partial charge is 0.167 e. The van der Waals surface area contributed by atoms with E-state index < -0.39 is 0 Å². The summed E-state index contributed by atoms with van der Waals surface area (Å²) in [5, 5.41) is 0. The fourth-order valence-corrected chi connectivity index (χ4v) is 2.34. The van der Waals surface area contributed by atoms with Gasteiger partial charge in [-0.25, -0.2) is 4.39 Å². The first-order valence-corrected chi connectivity index (χ1v) is 7.60. The Morgan fingerprint density at radius 3 is 2.76 bits per heavy atom. The van der Waals surface area contributed by atoms with E-state index in [1.54, 1.807) is 30.3 Å². The minimum atomic E-state index is -0.361. The second-order valence-corrected chi connectivity index (χ2v) is 5.48. The van der Waals surface area contributed by atoms with E-state index in [1.165, 1.54) is 6.07 Å². The molecule has 21 heavy (non-hydrogen) atoms. The third-order valence-corrected chi connectivity index (χ3v) is 3.90. The van der Waals surface area contributed by atoms with Crippen LogP contribution in [0.15, 0.2) is 46.9 Å². The highest BCUT2D eigenvalue weighted by Gasteiger charge is 2.12. The van der Waals surface area contributed by atoms with Crippen LogP contribution in [-0.2, 0) is 6.42 Å². The van der Waals surface area contributed by atoms with Gasteiger partial charge in [-0.2, -0.15) is 0 Å². The molecule has 4 heteroatoms. The van der Waals surface area contributed by atoms with Crippen LogP contribution >= 0.6 is 15.9 Å². The lowest BCUT2D eigenvalue weighted by Gasteiger charge is -2.08. The number of carbonyl (C=O) groups excluding carboxylic acids is 1. The monoisotopic (exact) mass is 350 g/mol. The summed E-state index contributed by atoms with van der Waals surface area (Å²) in [5.74, 6) is 0.254. The molecule has 2 rings (SSSR count). The van der Waals surface area contributed by atoms with Crippen LogP contribution in [0.25, 0.3) is 0 Å². The lowest BCUT2D eigenvalue weighted by molar-refractivity contribution is 0.0992. The quantitative estimate of drug-likeness (QED) is 0.699. The van der Waals surface area contributed by atoms with Gasteiger partial charge in [0.05, 0.1) is 11.1 Å². The van der Waals surface area contributed by atoms with E-state index >= 15 is 0 Å². The number of halogens is 2. The first-order valence-electron chi connectivity index (χ1n) is 6.80. The summed E-state index contributed by atoms with van der Waals surface area (Å²) in [4.78, 5) is 12.3. The topological polar surface area (TPSA) is 26.3 Å². The number of hydrogen-bond acceptors (Lipinski definition) is 2. The third-order valence-electron chi connectivity index (χ3n) is 3.01. The zero-order valence-corrected chi connectivity index (χ0v) is 13.3. The van der Waals surface area contributed by atoms with Gasteiger partial charge in [-0.3, -0.25) is 4.79 Å². The predicted octanol–water partition coefficient (Wildman–Crippen LogP) is 4.80. The molecule has 0 radical (unpaired) electrons. The molecular weight excluding hydrogens is 335 g/mol. The molecule has 0 aliphatic heterocycles. The predicted molar refractivity (Wildman–Crippen MR) is 84.4 cm³/mol. The summed E-state index contributed by atoms with van der Waals surface area (Å²) in [7, 11) is 0. The van der Waals surface area contributed by atoms with Gasteiger partial charge < -0.3 is 4.74 Å². The summed E-state index contributed by atoms with van der Waals surface area (Å²) < 4.78 is 19.3. The van der Waals surface area contributed by atoms with Crippen molar-refractivity contribution in [2.75, 3.05) is 6.61 Å². The maximum absolute atomic E-state index is 13.5. The van der Waals surface area contributed by atoms with E-state index in [-0.39, 0.29) is 18.0 Å². The summed E-state index contributed by atoms with van der Waals surface area (Å²) in [6.07, 6.45) is 1.06. The highest BCUT2D eigenvalue weighted by Crippen LogP contribution is 2.23. The first kappa shape index (κ1) is 15.7. The molecule has 2 nitrogen and oxygen atoms in total. The molecule has 0 aliphatic rings. The van der Waals surface area contributed by atoms with E-state index in [4.69, 9.17) is 4.74 Å². The molecule has 0 saturated carbocycles. The van der Waals surface area contributed by atoms with Crippen LogP contribution < -0.4 is 4.74 Å². The fraction of sp³-hybridized carbons (Fsp3) is 0.235. The van der Waals surface area contributed by atoms with Crippen molar-refractivity contribution in [1.82, 2.24) is 0 Å². The van der Waals surface area contributed by atoms with Crippen LogP contribution in [0.4, 0.5) is 4.39 Å². The maximum Gasteiger partial charge on any atom is 0.167 e. The Morgan fingerprint density at radius 2 is 2.00 bits per heavy atom. The van der Waals surface area contributed by atoms with Gasteiger partial charge in [0.2, 0.25) is 0 Å². The largest absolute Gasteiger partial charge is 0.494 e. The van der Waals surface area contributed by atoms with E-state index in [2.05, 4.69) is 15.9 Å². The summed E-state index contributed by atoms with van der Waals surface area (Å²) >= 11 is 3.18. The Kier molecular flexibility index (Phi) is 5.51. The Balaban J connectivity index is 2.15. The molecule has 0 heterocycles. The number of Topliss-reactive ketones (excluding diaryl/α,β-unsaturated/α-hetero) is 1. The Bertz CT molecular complexity index is 640. The third kappa shape index (κ3) is 4.14. The number of rotatable bonds is 6. The Hall–Kier alpha value is -1.68. The molecule has 0 bridgehead atoms. The lowest BCUT2D eigenvalue weighted by atomic mass is 10.0. The van der Waals surface area contributed by atoms with Gasteiger partial charge in [0.15, 0.2) is 5.78 Å². The van der Waals surface area contributed by atoms with Crippen molar-refractivity contribution < 1.29 is 13.9 Å². The van der Waals surface area contributed by atoms with Crippen molar-refractivity contribution in [2.45, 2.75) is 19.8 Å². The molecule has 0 amide bonds. The summed E-state index contributed by atoms with van der Waals surface area (Å²) in [6, 6.07) is 11.8. The number of ketones is 1. The van der Waals surface area contributed by atoms with Crippen LogP contribution in [0, 0.1) is 5.82 Å².